The molecule has 0 radical (unpaired) electrons. The minimum absolute atomic E-state index is 0.323. The van der Waals surface area contributed by atoms with Crippen molar-refractivity contribution in [3.63, 3.8) is 0 Å². The first-order valence-electron chi connectivity index (χ1n) is 9.39. The summed E-state index contributed by atoms with van der Waals surface area (Å²) >= 11 is 3.37. The quantitative estimate of drug-likeness (QED) is 0.314. The van der Waals surface area contributed by atoms with Gasteiger partial charge in [-0.05, 0) is 79.5 Å². The van der Waals surface area contributed by atoms with Crippen LogP contribution in [0.2, 0.25) is 0 Å². The molecule has 0 bridgehead atoms. The van der Waals surface area contributed by atoms with E-state index in [9.17, 15) is 4.79 Å². The summed E-state index contributed by atoms with van der Waals surface area (Å²) in [5.41, 5.74) is 1.90. The fourth-order valence-electron chi connectivity index (χ4n) is 3.55. The van der Waals surface area contributed by atoms with Crippen molar-refractivity contribution in [1.29, 1.82) is 0 Å². The number of allylic oxidation sites excluding steroid dienone is 1. The van der Waals surface area contributed by atoms with E-state index in [1.807, 2.05) is 24.3 Å². The van der Waals surface area contributed by atoms with Crippen molar-refractivity contribution in [2.75, 3.05) is 13.7 Å². The summed E-state index contributed by atoms with van der Waals surface area (Å²) in [6.45, 7) is 0.692. The molecule has 0 aliphatic heterocycles. The maximum Gasteiger partial charge on any atom is 0.343 e. The van der Waals surface area contributed by atoms with Gasteiger partial charge in [-0.15, -0.1) is 0 Å². The maximum atomic E-state index is 12.3. The molecule has 1 aliphatic rings. The second kappa shape index (κ2) is 9.86. The van der Waals surface area contributed by atoms with Crippen molar-refractivity contribution >= 4 is 21.9 Å². The number of halogens is 1. The lowest BCUT2D eigenvalue weighted by Crippen LogP contribution is -2.12. The molecule has 3 nitrogen and oxygen atoms in total. The zero-order valence-electron chi connectivity index (χ0n) is 15.6. The predicted octanol–water partition coefficient (Wildman–Crippen LogP) is 6.14. The van der Waals surface area contributed by atoms with E-state index in [-0.39, 0.29) is 5.97 Å². The van der Waals surface area contributed by atoms with Gasteiger partial charge in [-0.2, -0.15) is 0 Å². The van der Waals surface area contributed by atoms with Gasteiger partial charge in [-0.1, -0.05) is 40.2 Å². The Balaban J connectivity index is 1.54. The van der Waals surface area contributed by atoms with E-state index in [4.69, 9.17) is 9.47 Å². The summed E-state index contributed by atoms with van der Waals surface area (Å²) in [6.07, 6.45) is 9.20. The second-order valence-electron chi connectivity index (χ2n) is 6.96. The highest BCUT2D eigenvalue weighted by Gasteiger charge is 2.21. The minimum Gasteiger partial charge on any atom is -0.423 e. The smallest absolute Gasteiger partial charge is 0.343 e. The number of hydrogen-bond donors (Lipinski definition) is 0. The van der Waals surface area contributed by atoms with Gasteiger partial charge in [0.15, 0.2) is 0 Å². The average molecular weight is 429 g/mol. The average Bonchev–Trinajstić information content (AvgIpc) is 2.70. The summed E-state index contributed by atoms with van der Waals surface area (Å²) < 4.78 is 11.4. The van der Waals surface area contributed by atoms with Crippen molar-refractivity contribution in [3.8, 4) is 5.75 Å². The van der Waals surface area contributed by atoms with Gasteiger partial charge in [-0.3, -0.25) is 0 Å². The zero-order valence-corrected chi connectivity index (χ0v) is 17.2. The Kier molecular flexibility index (Phi) is 7.25. The Morgan fingerprint density at radius 1 is 1.04 bits per heavy atom. The SMILES string of the molecule is COC/C=C/[C@H]1CC[C@H](c2ccc(C(=O)Oc3ccc(Br)cc3)cc2)CC1. The molecule has 27 heavy (non-hydrogen) atoms. The van der Waals surface area contributed by atoms with Crippen LogP contribution in [0.1, 0.15) is 47.5 Å². The van der Waals surface area contributed by atoms with Crippen LogP contribution in [0.5, 0.6) is 5.75 Å². The molecule has 142 valence electrons. The molecule has 3 rings (SSSR count). The van der Waals surface area contributed by atoms with E-state index >= 15 is 0 Å². The van der Waals surface area contributed by atoms with Crippen LogP contribution in [0.15, 0.2) is 65.2 Å². The Bertz CT molecular complexity index is 757. The molecule has 0 spiro atoms. The first-order valence-corrected chi connectivity index (χ1v) is 10.2. The van der Waals surface area contributed by atoms with Crippen LogP contribution in [0.4, 0.5) is 0 Å². The topological polar surface area (TPSA) is 35.5 Å². The summed E-state index contributed by atoms with van der Waals surface area (Å²) in [5.74, 6) is 1.47. The highest BCUT2D eigenvalue weighted by atomic mass is 79.9. The number of methoxy groups -OCH3 is 1. The van der Waals surface area contributed by atoms with Crippen LogP contribution in [-0.4, -0.2) is 19.7 Å². The van der Waals surface area contributed by atoms with Crippen LogP contribution in [0, 0.1) is 5.92 Å². The molecule has 0 aromatic heterocycles. The summed E-state index contributed by atoms with van der Waals surface area (Å²) in [4.78, 5) is 12.3. The number of rotatable bonds is 6. The largest absolute Gasteiger partial charge is 0.423 e. The highest BCUT2D eigenvalue weighted by Crippen LogP contribution is 2.36. The second-order valence-corrected chi connectivity index (χ2v) is 7.88. The third-order valence-corrected chi connectivity index (χ3v) is 5.61. The van der Waals surface area contributed by atoms with Crippen molar-refractivity contribution < 1.29 is 14.3 Å². The maximum absolute atomic E-state index is 12.3. The molecule has 0 unspecified atom stereocenters. The number of hydrogen-bond acceptors (Lipinski definition) is 3. The number of benzene rings is 2. The van der Waals surface area contributed by atoms with E-state index in [0.29, 0.717) is 29.8 Å². The Labute approximate surface area is 169 Å². The highest BCUT2D eigenvalue weighted by molar-refractivity contribution is 9.10. The number of ether oxygens (including phenoxy) is 2. The summed E-state index contributed by atoms with van der Waals surface area (Å²) in [6, 6.07) is 15.2. The van der Waals surface area contributed by atoms with Crippen LogP contribution >= 0.6 is 15.9 Å². The molecular weight excluding hydrogens is 404 g/mol. The summed E-state index contributed by atoms with van der Waals surface area (Å²) in [5, 5.41) is 0. The van der Waals surface area contributed by atoms with Gasteiger partial charge in [0.25, 0.3) is 0 Å². The van der Waals surface area contributed by atoms with E-state index in [2.05, 4.69) is 40.2 Å². The lowest BCUT2D eigenvalue weighted by Gasteiger charge is -2.27. The van der Waals surface area contributed by atoms with Crippen LogP contribution in [0.3, 0.4) is 0 Å². The van der Waals surface area contributed by atoms with E-state index in [1.54, 1.807) is 19.2 Å². The number of carbonyl (C=O) groups is 1. The van der Waals surface area contributed by atoms with Gasteiger partial charge in [0.2, 0.25) is 0 Å². The summed E-state index contributed by atoms with van der Waals surface area (Å²) in [7, 11) is 1.72. The van der Waals surface area contributed by atoms with Crippen LogP contribution in [-0.2, 0) is 4.74 Å². The molecule has 0 atom stereocenters. The van der Waals surface area contributed by atoms with Gasteiger partial charge in [0, 0.05) is 11.6 Å². The molecule has 4 heteroatoms. The fraction of sp³-hybridized carbons (Fsp3) is 0.348. The zero-order chi connectivity index (χ0) is 19.1. The third kappa shape index (κ3) is 5.78. The molecule has 2 aromatic carbocycles. The van der Waals surface area contributed by atoms with E-state index in [1.165, 1.54) is 31.2 Å². The number of carbonyl (C=O) groups excluding carboxylic acids is 1. The Morgan fingerprint density at radius 2 is 1.70 bits per heavy atom. The normalized spacial score (nSPS) is 19.9. The lowest BCUT2D eigenvalue weighted by molar-refractivity contribution is 0.0734. The van der Waals surface area contributed by atoms with Gasteiger partial charge in [-0.25, -0.2) is 4.79 Å². The molecule has 0 amide bonds. The monoisotopic (exact) mass is 428 g/mol. The van der Waals surface area contributed by atoms with Crippen molar-refractivity contribution in [3.05, 3.63) is 76.3 Å². The Hall–Kier alpha value is -1.91. The van der Waals surface area contributed by atoms with Gasteiger partial charge in [0.1, 0.15) is 5.75 Å². The molecule has 1 aliphatic carbocycles. The molecule has 1 fully saturated rings. The van der Waals surface area contributed by atoms with Crippen molar-refractivity contribution in [2.45, 2.75) is 31.6 Å². The minimum atomic E-state index is -0.323. The van der Waals surface area contributed by atoms with Crippen molar-refractivity contribution in [2.24, 2.45) is 5.92 Å². The molecule has 0 saturated heterocycles. The van der Waals surface area contributed by atoms with Crippen LogP contribution in [0.25, 0.3) is 0 Å². The van der Waals surface area contributed by atoms with Gasteiger partial charge < -0.3 is 9.47 Å². The van der Waals surface area contributed by atoms with Crippen LogP contribution < -0.4 is 4.74 Å². The van der Waals surface area contributed by atoms with Gasteiger partial charge >= 0.3 is 5.97 Å². The molecule has 2 aromatic rings. The number of esters is 1. The fourth-order valence-corrected chi connectivity index (χ4v) is 3.81. The standard InChI is InChI=1S/C23H25BrO3/c1-26-16-2-3-17-4-6-18(7-5-17)19-8-10-20(11-9-19)23(25)27-22-14-12-21(24)13-15-22/h2-3,8-15,17-18H,4-7,16H2,1H3/b3-2+/t17-,18-. The molecule has 1 saturated carbocycles. The van der Waals surface area contributed by atoms with E-state index in [0.717, 1.165) is 4.47 Å². The predicted molar refractivity (Wildman–Crippen MR) is 111 cm³/mol. The molecule has 0 N–H and O–H groups in total. The Morgan fingerprint density at radius 3 is 2.33 bits per heavy atom. The first kappa shape index (κ1) is 19.8. The lowest BCUT2D eigenvalue weighted by atomic mass is 9.78. The van der Waals surface area contributed by atoms with E-state index < -0.39 is 0 Å². The third-order valence-electron chi connectivity index (χ3n) is 5.08. The molecule has 0 heterocycles. The molecular formula is C23H25BrO3. The van der Waals surface area contributed by atoms with Gasteiger partial charge in [0.05, 0.1) is 12.2 Å². The first-order chi connectivity index (χ1) is 13.2. The van der Waals surface area contributed by atoms with Crippen molar-refractivity contribution in [1.82, 2.24) is 0 Å².